The number of hydrogen-bond acceptors (Lipinski definition) is 4. The van der Waals surface area contributed by atoms with Crippen LogP contribution < -0.4 is 16.0 Å². The van der Waals surface area contributed by atoms with Crippen molar-refractivity contribution in [1.82, 2.24) is 0 Å². The van der Waals surface area contributed by atoms with E-state index in [1.807, 2.05) is 31.2 Å². The smallest absolute Gasteiger partial charge is 0.286 e. The van der Waals surface area contributed by atoms with E-state index in [-0.39, 0.29) is 36.2 Å². The molecule has 4 rings (SSSR count). The minimum absolute atomic E-state index is 0.0991. The van der Waals surface area contributed by atoms with Gasteiger partial charge in [0.15, 0.2) is 0 Å². The Kier molecular flexibility index (Phi) is 4.35. The lowest BCUT2D eigenvalue weighted by atomic mass is 10.1. The maximum Gasteiger partial charge on any atom is 0.286 e. The van der Waals surface area contributed by atoms with Crippen LogP contribution in [0.3, 0.4) is 0 Å². The summed E-state index contributed by atoms with van der Waals surface area (Å²) in [5, 5.41) is 3.34. The minimum Gasteiger partial charge on any atom is -0.449 e. The highest BCUT2D eigenvalue weighted by Crippen LogP contribution is 2.33. The molecule has 3 aromatic rings. The summed E-state index contributed by atoms with van der Waals surface area (Å²) < 4.78 is 5.48. The summed E-state index contributed by atoms with van der Waals surface area (Å²) in [5.74, 6) is -1.87. The first-order valence-electron chi connectivity index (χ1n) is 8.94. The first-order chi connectivity index (χ1) is 13.5. The van der Waals surface area contributed by atoms with Crippen LogP contribution in [-0.4, -0.2) is 24.3 Å². The number of hydrogen-bond donors (Lipinski definition) is 2. The van der Waals surface area contributed by atoms with Crippen molar-refractivity contribution in [3.05, 3.63) is 59.9 Å². The third-order valence-corrected chi connectivity index (χ3v) is 4.97. The number of para-hydroxylation sites is 2. The number of furan rings is 1. The van der Waals surface area contributed by atoms with Crippen molar-refractivity contribution in [3.8, 4) is 0 Å². The van der Waals surface area contributed by atoms with E-state index < -0.39 is 11.8 Å². The van der Waals surface area contributed by atoms with Crippen LogP contribution in [0, 0.1) is 12.8 Å². The average molecular weight is 377 g/mol. The van der Waals surface area contributed by atoms with Gasteiger partial charge in [-0.1, -0.05) is 30.3 Å². The molecule has 0 saturated carbocycles. The summed E-state index contributed by atoms with van der Waals surface area (Å²) in [6.45, 7) is 2.20. The van der Waals surface area contributed by atoms with Gasteiger partial charge in [-0.3, -0.25) is 14.4 Å². The van der Waals surface area contributed by atoms with E-state index in [9.17, 15) is 14.4 Å². The summed E-state index contributed by atoms with van der Waals surface area (Å²) in [5.41, 5.74) is 7.86. The van der Waals surface area contributed by atoms with Gasteiger partial charge in [-0.15, -0.1) is 0 Å². The molecule has 28 heavy (non-hydrogen) atoms. The van der Waals surface area contributed by atoms with Gasteiger partial charge in [-0.25, -0.2) is 0 Å². The van der Waals surface area contributed by atoms with E-state index in [1.54, 1.807) is 29.2 Å². The number of benzene rings is 2. The molecule has 1 aliphatic heterocycles. The van der Waals surface area contributed by atoms with Crippen molar-refractivity contribution in [2.45, 2.75) is 13.3 Å². The standard InChI is InChI=1S/C21H19N3O4/c1-12-6-2-4-8-15(12)24-11-13(10-17(24)25)21(27)23-18-14-7-3-5-9-16(14)28-19(18)20(22)26/h2-9,13H,10-11H2,1H3,(H2,22,26)(H,23,27). The van der Waals surface area contributed by atoms with Gasteiger partial charge in [0.1, 0.15) is 11.3 Å². The fourth-order valence-electron chi connectivity index (χ4n) is 3.55. The van der Waals surface area contributed by atoms with Crippen molar-refractivity contribution >= 4 is 40.1 Å². The number of nitrogens with two attached hydrogens (primary N) is 1. The molecule has 7 heteroatoms. The van der Waals surface area contributed by atoms with E-state index >= 15 is 0 Å². The molecule has 1 aromatic heterocycles. The Morgan fingerprint density at radius 2 is 1.86 bits per heavy atom. The molecule has 1 atom stereocenters. The Morgan fingerprint density at radius 1 is 1.14 bits per heavy atom. The Balaban J connectivity index is 1.59. The van der Waals surface area contributed by atoms with Crippen LogP contribution in [-0.2, 0) is 9.59 Å². The third kappa shape index (κ3) is 3.00. The molecule has 7 nitrogen and oxygen atoms in total. The molecular formula is C21H19N3O4. The number of primary amides is 1. The van der Waals surface area contributed by atoms with Crippen molar-refractivity contribution in [3.63, 3.8) is 0 Å². The largest absolute Gasteiger partial charge is 0.449 e. The highest BCUT2D eigenvalue weighted by Gasteiger charge is 2.36. The summed E-state index contributed by atoms with van der Waals surface area (Å²) in [4.78, 5) is 38.7. The Hall–Kier alpha value is -3.61. The fraction of sp³-hybridized carbons (Fsp3) is 0.190. The zero-order valence-corrected chi connectivity index (χ0v) is 15.3. The number of nitrogens with one attached hydrogen (secondary N) is 1. The molecule has 0 spiro atoms. The predicted molar refractivity (Wildman–Crippen MR) is 105 cm³/mol. The summed E-state index contributed by atoms with van der Waals surface area (Å²) in [7, 11) is 0. The van der Waals surface area contributed by atoms with Crippen molar-refractivity contribution in [2.24, 2.45) is 11.7 Å². The van der Waals surface area contributed by atoms with Crippen LogP contribution in [0.4, 0.5) is 11.4 Å². The van der Waals surface area contributed by atoms with Crippen molar-refractivity contribution in [1.29, 1.82) is 0 Å². The zero-order chi connectivity index (χ0) is 19.8. The monoisotopic (exact) mass is 377 g/mol. The maximum absolute atomic E-state index is 12.9. The van der Waals surface area contributed by atoms with Gasteiger partial charge in [-0.05, 0) is 30.7 Å². The summed E-state index contributed by atoms with van der Waals surface area (Å²) >= 11 is 0. The highest BCUT2D eigenvalue weighted by atomic mass is 16.3. The summed E-state index contributed by atoms with van der Waals surface area (Å²) in [6.07, 6.45) is 0.0991. The molecule has 0 aliphatic carbocycles. The van der Waals surface area contributed by atoms with Crippen LogP contribution in [0.5, 0.6) is 0 Å². The van der Waals surface area contributed by atoms with E-state index in [1.165, 1.54) is 0 Å². The normalized spacial score (nSPS) is 16.5. The number of anilines is 2. The minimum atomic E-state index is -0.768. The second-order valence-electron chi connectivity index (χ2n) is 6.85. The van der Waals surface area contributed by atoms with Crippen molar-refractivity contribution < 1.29 is 18.8 Å². The number of aryl methyl sites for hydroxylation is 1. The lowest BCUT2D eigenvalue weighted by Gasteiger charge is -2.18. The van der Waals surface area contributed by atoms with Crippen molar-refractivity contribution in [2.75, 3.05) is 16.8 Å². The topological polar surface area (TPSA) is 106 Å². The average Bonchev–Trinajstić information content (AvgIpc) is 3.23. The van der Waals surface area contributed by atoms with Gasteiger partial charge in [0.2, 0.25) is 17.6 Å². The van der Waals surface area contributed by atoms with E-state index in [4.69, 9.17) is 10.2 Å². The van der Waals surface area contributed by atoms with E-state index in [0.29, 0.717) is 11.0 Å². The highest BCUT2D eigenvalue weighted by molar-refractivity contribution is 6.12. The van der Waals surface area contributed by atoms with Crippen LogP contribution in [0.2, 0.25) is 0 Å². The second kappa shape index (κ2) is 6.84. The first kappa shape index (κ1) is 17.8. The number of carbonyl (C=O) groups is 3. The molecule has 3 N–H and O–H groups in total. The molecule has 0 radical (unpaired) electrons. The number of carbonyl (C=O) groups excluding carboxylic acids is 3. The molecule has 1 unspecified atom stereocenters. The van der Waals surface area contributed by atoms with Crippen LogP contribution in [0.15, 0.2) is 52.9 Å². The zero-order valence-electron chi connectivity index (χ0n) is 15.3. The van der Waals surface area contributed by atoms with Gasteiger partial charge in [0.05, 0.1) is 5.92 Å². The fourth-order valence-corrected chi connectivity index (χ4v) is 3.55. The molecule has 142 valence electrons. The number of rotatable bonds is 4. The lowest BCUT2D eigenvalue weighted by molar-refractivity contribution is -0.122. The van der Waals surface area contributed by atoms with Gasteiger partial charge in [0, 0.05) is 24.0 Å². The van der Waals surface area contributed by atoms with Gasteiger partial charge in [-0.2, -0.15) is 0 Å². The predicted octanol–water partition coefficient (Wildman–Crippen LogP) is 2.83. The molecular weight excluding hydrogens is 358 g/mol. The summed E-state index contributed by atoms with van der Waals surface area (Å²) in [6, 6.07) is 14.5. The van der Waals surface area contributed by atoms with Gasteiger partial charge in [0.25, 0.3) is 5.91 Å². The molecule has 0 bridgehead atoms. The molecule has 1 fully saturated rings. The van der Waals surface area contributed by atoms with Gasteiger partial charge < -0.3 is 20.4 Å². The van der Waals surface area contributed by atoms with Crippen LogP contribution in [0.1, 0.15) is 22.5 Å². The van der Waals surface area contributed by atoms with Crippen LogP contribution in [0.25, 0.3) is 11.0 Å². The quantitative estimate of drug-likeness (QED) is 0.729. The second-order valence-corrected chi connectivity index (χ2v) is 6.85. The number of amides is 3. The Morgan fingerprint density at radius 3 is 2.61 bits per heavy atom. The molecule has 2 heterocycles. The third-order valence-electron chi connectivity index (χ3n) is 4.97. The molecule has 3 amide bonds. The molecule has 2 aromatic carbocycles. The SMILES string of the molecule is Cc1ccccc1N1CC(C(=O)Nc2c(C(N)=O)oc3ccccc23)CC1=O. The number of fused-ring (bicyclic) bond motifs is 1. The van der Waals surface area contributed by atoms with Crippen LogP contribution >= 0.6 is 0 Å². The Labute approximate surface area is 161 Å². The van der Waals surface area contributed by atoms with E-state index in [0.717, 1.165) is 11.3 Å². The first-order valence-corrected chi connectivity index (χ1v) is 8.94. The number of nitrogens with zero attached hydrogens (tertiary/aromatic N) is 1. The lowest BCUT2D eigenvalue weighted by Crippen LogP contribution is -2.29. The van der Waals surface area contributed by atoms with E-state index in [2.05, 4.69) is 5.32 Å². The van der Waals surface area contributed by atoms with Gasteiger partial charge >= 0.3 is 0 Å². The molecule has 1 aliphatic rings. The maximum atomic E-state index is 12.9. The molecule has 1 saturated heterocycles. The Bertz CT molecular complexity index is 1100.